The van der Waals surface area contributed by atoms with Crippen LogP contribution < -0.4 is 10.2 Å². The van der Waals surface area contributed by atoms with Crippen LogP contribution >= 0.6 is 0 Å². The summed E-state index contributed by atoms with van der Waals surface area (Å²) in [6.45, 7) is 1.47. The van der Waals surface area contributed by atoms with Gasteiger partial charge in [0.1, 0.15) is 6.10 Å². The Kier molecular flexibility index (Phi) is 4.89. The van der Waals surface area contributed by atoms with E-state index in [1.807, 2.05) is 31.6 Å². The zero-order valence-corrected chi connectivity index (χ0v) is 16.2. The number of carbonyl (C=O) groups is 2. The lowest BCUT2D eigenvalue weighted by atomic mass is 9.84. The van der Waals surface area contributed by atoms with Crippen molar-refractivity contribution < 1.29 is 14.7 Å². The third kappa shape index (κ3) is 3.29. The first-order valence-corrected chi connectivity index (χ1v) is 9.80. The number of hydrogen-bond donors (Lipinski definition) is 2. The van der Waals surface area contributed by atoms with E-state index >= 15 is 0 Å². The van der Waals surface area contributed by atoms with Crippen LogP contribution in [0.2, 0.25) is 0 Å². The molecule has 1 aliphatic carbocycles. The van der Waals surface area contributed by atoms with Gasteiger partial charge in [0.2, 0.25) is 11.8 Å². The summed E-state index contributed by atoms with van der Waals surface area (Å²) >= 11 is 0. The van der Waals surface area contributed by atoms with Crippen LogP contribution in [0.15, 0.2) is 30.6 Å². The van der Waals surface area contributed by atoms with Crippen molar-refractivity contribution in [2.45, 2.75) is 51.2 Å². The van der Waals surface area contributed by atoms with Gasteiger partial charge in [-0.3, -0.25) is 14.6 Å². The Labute approximate surface area is 164 Å². The fraction of sp³-hybridized carbons (Fsp3) is 0.409. The number of fused-ring (bicyclic) bond motifs is 2. The van der Waals surface area contributed by atoms with Crippen LogP contribution in [0.3, 0.4) is 0 Å². The van der Waals surface area contributed by atoms with Crippen LogP contribution in [-0.4, -0.2) is 35.1 Å². The van der Waals surface area contributed by atoms with Crippen molar-refractivity contribution in [1.82, 2.24) is 10.3 Å². The monoisotopic (exact) mass is 379 g/mol. The van der Waals surface area contributed by atoms with Gasteiger partial charge in [-0.15, -0.1) is 0 Å². The van der Waals surface area contributed by atoms with Gasteiger partial charge in [0.25, 0.3) is 0 Å². The maximum atomic E-state index is 12.0. The van der Waals surface area contributed by atoms with E-state index in [0.29, 0.717) is 6.42 Å². The first kappa shape index (κ1) is 18.6. The van der Waals surface area contributed by atoms with Crippen molar-refractivity contribution in [2.75, 3.05) is 11.9 Å². The molecule has 2 amide bonds. The molecule has 0 spiro atoms. The Balaban J connectivity index is 1.71. The summed E-state index contributed by atoms with van der Waals surface area (Å²) in [5.74, 6) is -0.208. The minimum atomic E-state index is -1.03. The zero-order valence-electron chi connectivity index (χ0n) is 16.2. The normalized spacial score (nSPS) is 19.6. The van der Waals surface area contributed by atoms with Crippen molar-refractivity contribution >= 4 is 17.5 Å². The molecule has 2 heterocycles. The largest absolute Gasteiger partial charge is 0.384 e. The molecule has 1 aliphatic heterocycles. The molecule has 6 nitrogen and oxygen atoms in total. The van der Waals surface area contributed by atoms with E-state index in [9.17, 15) is 14.7 Å². The topological polar surface area (TPSA) is 82.5 Å². The smallest absolute Gasteiger partial charge is 0.249 e. The van der Waals surface area contributed by atoms with Crippen LogP contribution in [0.25, 0.3) is 11.1 Å². The summed E-state index contributed by atoms with van der Waals surface area (Å²) in [5.41, 5.74) is 6.55. The lowest BCUT2D eigenvalue weighted by Crippen LogP contribution is -2.37. The van der Waals surface area contributed by atoms with Crippen molar-refractivity contribution in [1.29, 1.82) is 0 Å². The molecular weight excluding hydrogens is 354 g/mol. The summed E-state index contributed by atoms with van der Waals surface area (Å²) in [6, 6.07) is 6.09. The van der Waals surface area contributed by atoms with E-state index in [4.69, 9.17) is 0 Å². The quantitative estimate of drug-likeness (QED) is 0.859. The van der Waals surface area contributed by atoms with Crippen molar-refractivity contribution in [2.24, 2.45) is 0 Å². The zero-order chi connectivity index (χ0) is 19.8. The van der Waals surface area contributed by atoms with Crippen molar-refractivity contribution in [3.8, 4) is 11.1 Å². The van der Waals surface area contributed by atoms with Crippen LogP contribution in [0.5, 0.6) is 0 Å². The lowest BCUT2D eigenvalue weighted by molar-refractivity contribution is -0.129. The van der Waals surface area contributed by atoms with E-state index in [2.05, 4.69) is 16.4 Å². The van der Waals surface area contributed by atoms with E-state index in [0.717, 1.165) is 48.1 Å². The minimum absolute atomic E-state index is 0.125. The van der Waals surface area contributed by atoms with Gasteiger partial charge in [0.05, 0.1) is 6.04 Å². The molecule has 4 rings (SSSR count). The molecule has 2 aromatic rings. The molecule has 0 saturated heterocycles. The van der Waals surface area contributed by atoms with Crippen LogP contribution in [0.1, 0.15) is 48.9 Å². The number of hydrogen-bond acceptors (Lipinski definition) is 4. The number of anilines is 1. The van der Waals surface area contributed by atoms with Gasteiger partial charge >= 0.3 is 0 Å². The number of carbonyl (C=O) groups excluding carboxylic acids is 2. The highest BCUT2D eigenvalue weighted by Crippen LogP contribution is 2.37. The average Bonchev–Trinajstić information content (AvgIpc) is 2.70. The molecule has 2 atom stereocenters. The second kappa shape index (κ2) is 7.36. The summed E-state index contributed by atoms with van der Waals surface area (Å²) in [4.78, 5) is 30.1. The number of aliphatic hydroxyl groups is 1. The van der Waals surface area contributed by atoms with Crippen LogP contribution in [0, 0.1) is 0 Å². The molecule has 146 valence electrons. The first-order valence-electron chi connectivity index (χ1n) is 9.80. The molecule has 1 aromatic heterocycles. The van der Waals surface area contributed by atoms with E-state index < -0.39 is 6.10 Å². The van der Waals surface area contributed by atoms with E-state index in [1.54, 1.807) is 4.90 Å². The molecule has 0 saturated carbocycles. The molecule has 0 unspecified atom stereocenters. The first-order chi connectivity index (χ1) is 13.5. The molecule has 0 fully saturated rings. The number of rotatable bonds is 3. The highest BCUT2D eigenvalue weighted by molar-refractivity contribution is 5.96. The van der Waals surface area contributed by atoms with Gasteiger partial charge < -0.3 is 15.3 Å². The van der Waals surface area contributed by atoms with Crippen LogP contribution in [-0.2, 0) is 22.4 Å². The maximum Gasteiger partial charge on any atom is 0.249 e. The number of pyridine rings is 1. The molecule has 0 bridgehead atoms. The predicted octanol–water partition coefficient (Wildman–Crippen LogP) is 2.53. The molecule has 2 N–H and O–H groups in total. The number of nitrogens with one attached hydrogen (secondary N) is 1. The average molecular weight is 379 g/mol. The van der Waals surface area contributed by atoms with Gasteiger partial charge in [-0.05, 0) is 67.0 Å². The Morgan fingerprint density at radius 1 is 1.29 bits per heavy atom. The predicted molar refractivity (Wildman–Crippen MR) is 107 cm³/mol. The third-order valence-electron chi connectivity index (χ3n) is 5.82. The van der Waals surface area contributed by atoms with Gasteiger partial charge in [-0.1, -0.05) is 6.07 Å². The second-order valence-corrected chi connectivity index (χ2v) is 7.68. The van der Waals surface area contributed by atoms with Gasteiger partial charge in [0.15, 0.2) is 0 Å². The molecule has 2 aliphatic rings. The van der Waals surface area contributed by atoms with Crippen molar-refractivity contribution in [3.05, 3.63) is 47.3 Å². The molecule has 1 aromatic carbocycles. The SMILES string of the molecule is C[C@H](O)C(=O)N[C@H]1CCCc2c(-c3ccc4c(c3)CCC(=O)N4C)cncc21. The lowest BCUT2D eigenvalue weighted by Gasteiger charge is -2.29. The highest BCUT2D eigenvalue weighted by atomic mass is 16.3. The van der Waals surface area contributed by atoms with Crippen LogP contribution in [0.4, 0.5) is 5.69 Å². The van der Waals surface area contributed by atoms with E-state index in [1.165, 1.54) is 18.1 Å². The summed E-state index contributed by atoms with van der Waals surface area (Å²) < 4.78 is 0. The van der Waals surface area contributed by atoms with Gasteiger partial charge in [-0.25, -0.2) is 0 Å². The third-order valence-corrected chi connectivity index (χ3v) is 5.82. The van der Waals surface area contributed by atoms with Gasteiger partial charge in [0, 0.05) is 37.1 Å². The highest BCUT2D eigenvalue weighted by Gasteiger charge is 2.26. The Morgan fingerprint density at radius 2 is 2.11 bits per heavy atom. The Morgan fingerprint density at radius 3 is 2.89 bits per heavy atom. The molecular formula is C22H25N3O3. The molecule has 6 heteroatoms. The summed E-state index contributed by atoms with van der Waals surface area (Å²) in [5, 5.41) is 12.5. The number of aromatic nitrogens is 1. The Hall–Kier alpha value is -2.73. The second-order valence-electron chi connectivity index (χ2n) is 7.68. The van der Waals surface area contributed by atoms with Gasteiger partial charge in [-0.2, -0.15) is 0 Å². The number of aryl methyl sites for hydroxylation is 1. The fourth-order valence-corrected chi connectivity index (χ4v) is 4.24. The summed E-state index contributed by atoms with van der Waals surface area (Å²) in [7, 11) is 1.82. The number of benzene rings is 1. The standard InChI is InChI=1S/C22H25N3O3/c1-13(26)22(28)24-19-5-3-4-16-17(11-23-12-18(16)19)14-6-8-20-15(10-14)7-9-21(27)25(20)2/h6,8,10-13,19,26H,3-5,7,9H2,1-2H3,(H,24,28)/t13-,19-/m0/s1. The number of aliphatic hydroxyl groups excluding tert-OH is 1. The molecule has 28 heavy (non-hydrogen) atoms. The van der Waals surface area contributed by atoms with Crippen molar-refractivity contribution in [3.63, 3.8) is 0 Å². The number of nitrogens with zero attached hydrogens (tertiary/aromatic N) is 2. The summed E-state index contributed by atoms with van der Waals surface area (Å²) in [6.07, 6.45) is 6.72. The Bertz CT molecular complexity index is 939. The maximum absolute atomic E-state index is 12.0. The minimum Gasteiger partial charge on any atom is -0.384 e. The number of amides is 2. The molecule has 0 radical (unpaired) electrons. The fourth-order valence-electron chi connectivity index (χ4n) is 4.24. The van der Waals surface area contributed by atoms with E-state index in [-0.39, 0.29) is 17.9 Å².